The van der Waals surface area contributed by atoms with Crippen molar-refractivity contribution in [1.82, 2.24) is 10.6 Å². The number of hydrogen-bond donors (Lipinski definition) is 3. The van der Waals surface area contributed by atoms with E-state index in [-0.39, 0.29) is 18.7 Å². The number of carbonyl (C=O) groups excluding carboxylic acids is 1. The van der Waals surface area contributed by atoms with Gasteiger partial charge in [-0.3, -0.25) is 0 Å². The van der Waals surface area contributed by atoms with E-state index >= 15 is 0 Å². The van der Waals surface area contributed by atoms with Gasteiger partial charge < -0.3 is 15.7 Å². The Kier molecular flexibility index (Phi) is 8.07. The van der Waals surface area contributed by atoms with Gasteiger partial charge in [0, 0.05) is 24.2 Å². The van der Waals surface area contributed by atoms with Gasteiger partial charge in [0.05, 0.1) is 0 Å². The largest absolute Gasteiger partial charge is 0.396 e. The lowest BCUT2D eigenvalue weighted by molar-refractivity contribution is 0.234. The summed E-state index contributed by atoms with van der Waals surface area (Å²) < 4.78 is 0. The first-order valence-corrected chi connectivity index (χ1v) is 7.39. The maximum Gasteiger partial charge on any atom is 0.314 e. The lowest BCUT2D eigenvalue weighted by atomic mass is 10.1. The molecule has 5 heteroatoms. The molecule has 20 heavy (non-hydrogen) atoms. The molecule has 0 radical (unpaired) electrons. The van der Waals surface area contributed by atoms with Crippen LogP contribution in [0.2, 0.25) is 5.02 Å². The summed E-state index contributed by atoms with van der Waals surface area (Å²) in [5.74, 6) is 0. The number of halogens is 1. The van der Waals surface area contributed by atoms with E-state index in [2.05, 4.69) is 10.6 Å². The Morgan fingerprint density at radius 3 is 2.65 bits per heavy atom. The van der Waals surface area contributed by atoms with E-state index < -0.39 is 0 Å². The van der Waals surface area contributed by atoms with E-state index in [0.717, 1.165) is 24.3 Å². The van der Waals surface area contributed by atoms with Crippen LogP contribution in [0, 0.1) is 0 Å². The number of benzene rings is 1. The summed E-state index contributed by atoms with van der Waals surface area (Å²) in [5.41, 5.74) is 1.22. The average Bonchev–Trinajstić information content (AvgIpc) is 2.43. The molecule has 112 valence electrons. The topological polar surface area (TPSA) is 61.4 Å². The molecule has 1 rings (SSSR count). The molecule has 1 aromatic rings. The summed E-state index contributed by atoms with van der Waals surface area (Å²) in [6.45, 7) is 2.73. The Bertz CT molecular complexity index is 395. The van der Waals surface area contributed by atoms with E-state index in [1.165, 1.54) is 5.56 Å². The predicted octanol–water partition coefficient (Wildman–Crippen LogP) is 2.73. The number of hydrogen-bond acceptors (Lipinski definition) is 2. The maximum atomic E-state index is 11.6. The molecule has 1 aromatic carbocycles. The highest BCUT2D eigenvalue weighted by molar-refractivity contribution is 6.30. The molecule has 0 aliphatic heterocycles. The number of aliphatic hydroxyl groups excluding tert-OH is 1. The number of carbonyl (C=O) groups is 1. The van der Waals surface area contributed by atoms with Crippen molar-refractivity contribution in [3.05, 3.63) is 34.9 Å². The van der Waals surface area contributed by atoms with E-state index in [1.807, 2.05) is 31.2 Å². The second-order valence-corrected chi connectivity index (χ2v) is 5.33. The van der Waals surface area contributed by atoms with Crippen molar-refractivity contribution in [2.24, 2.45) is 0 Å². The second kappa shape index (κ2) is 9.61. The van der Waals surface area contributed by atoms with Crippen LogP contribution in [-0.4, -0.2) is 30.3 Å². The molecule has 0 saturated carbocycles. The third-order valence-electron chi connectivity index (χ3n) is 3.01. The van der Waals surface area contributed by atoms with Gasteiger partial charge in [-0.25, -0.2) is 4.79 Å². The van der Waals surface area contributed by atoms with E-state index in [1.54, 1.807) is 0 Å². The number of nitrogens with one attached hydrogen (secondary N) is 2. The van der Waals surface area contributed by atoms with Gasteiger partial charge in [-0.05, 0) is 50.3 Å². The van der Waals surface area contributed by atoms with Gasteiger partial charge in [-0.1, -0.05) is 23.7 Å². The van der Waals surface area contributed by atoms with E-state index in [4.69, 9.17) is 16.7 Å². The molecule has 2 amide bonds. The fraction of sp³-hybridized carbons (Fsp3) is 0.533. The third kappa shape index (κ3) is 7.36. The van der Waals surface area contributed by atoms with Crippen molar-refractivity contribution in [2.45, 2.75) is 38.6 Å². The monoisotopic (exact) mass is 298 g/mol. The summed E-state index contributed by atoms with van der Waals surface area (Å²) in [4.78, 5) is 11.6. The summed E-state index contributed by atoms with van der Waals surface area (Å²) in [7, 11) is 0. The van der Waals surface area contributed by atoms with Gasteiger partial charge in [0.1, 0.15) is 0 Å². The highest BCUT2D eigenvalue weighted by atomic mass is 35.5. The van der Waals surface area contributed by atoms with Crippen LogP contribution in [0.25, 0.3) is 0 Å². The molecular formula is C15H23ClN2O2. The second-order valence-electron chi connectivity index (χ2n) is 4.90. The molecule has 1 atom stereocenters. The van der Waals surface area contributed by atoms with Crippen LogP contribution in [0.15, 0.2) is 24.3 Å². The summed E-state index contributed by atoms with van der Waals surface area (Å²) in [6.07, 6.45) is 3.30. The van der Waals surface area contributed by atoms with Crippen LogP contribution in [-0.2, 0) is 6.42 Å². The van der Waals surface area contributed by atoms with Crippen molar-refractivity contribution in [3.8, 4) is 0 Å². The summed E-state index contributed by atoms with van der Waals surface area (Å²) in [6, 6.07) is 7.68. The minimum Gasteiger partial charge on any atom is -0.396 e. The van der Waals surface area contributed by atoms with Crippen LogP contribution < -0.4 is 10.6 Å². The van der Waals surface area contributed by atoms with Gasteiger partial charge in [-0.15, -0.1) is 0 Å². The standard InChI is InChI=1S/C15H23ClN2O2/c1-12(4-3-11-19)18-15(20)17-10-2-5-13-6-8-14(16)9-7-13/h6-9,12,19H,2-5,10-11H2,1H3,(H2,17,18,20). The van der Waals surface area contributed by atoms with Gasteiger partial charge in [-0.2, -0.15) is 0 Å². The molecule has 0 aliphatic carbocycles. The van der Waals surface area contributed by atoms with Crippen LogP contribution in [0.4, 0.5) is 4.79 Å². The van der Waals surface area contributed by atoms with Crippen molar-refractivity contribution in [3.63, 3.8) is 0 Å². The Morgan fingerprint density at radius 1 is 1.30 bits per heavy atom. The van der Waals surface area contributed by atoms with Crippen molar-refractivity contribution < 1.29 is 9.90 Å². The van der Waals surface area contributed by atoms with E-state index in [9.17, 15) is 4.79 Å². The predicted molar refractivity (Wildman–Crippen MR) is 82.1 cm³/mol. The van der Waals surface area contributed by atoms with Crippen molar-refractivity contribution in [1.29, 1.82) is 0 Å². The smallest absolute Gasteiger partial charge is 0.314 e. The Morgan fingerprint density at radius 2 is 2.00 bits per heavy atom. The Balaban J connectivity index is 2.11. The van der Waals surface area contributed by atoms with Gasteiger partial charge >= 0.3 is 6.03 Å². The van der Waals surface area contributed by atoms with Gasteiger partial charge in [0.2, 0.25) is 0 Å². The zero-order valence-electron chi connectivity index (χ0n) is 11.9. The quantitative estimate of drug-likeness (QED) is 0.646. The van der Waals surface area contributed by atoms with Crippen LogP contribution >= 0.6 is 11.6 Å². The molecular weight excluding hydrogens is 276 g/mol. The normalized spacial score (nSPS) is 11.9. The molecule has 1 unspecified atom stereocenters. The molecule has 0 bridgehead atoms. The fourth-order valence-corrected chi connectivity index (χ4v) is 2.02. The molecule has 0 aromatic heterocycles. The Hall–Kier alpha value is -1.26. The first-order valence-electron chi connectivity index (χ1n) is 7.01. The number of amides is 2. The summed E-state index contributed by atoms with van der Waals surface area (Å²) in [5, 5.41) is 15.1. The van der Waals surface area contributed by atoms with Crippen LogP contribution in [0.3, 0.4) is 0 Å². The number of urea groups is 1. The Labute approximate surface area is 125 Å². The minimum atomic E-state index is -0.147. The van der Waals surface area contributed by atoms with Crippen LogP contribution in [0.1, 0.15) is 31.7 Å². The SMILES string of the molecule is CC(CCCO)NC(=O)NCCCc1ccc(Cl)cc1. The summed E-state index contributed by atoms with van der Waals surface area (Å²) >= 11 is 5.82. The fourth-order valence-electron chi connectivity index (χ4n) is 1.89. The highest BCUT2D eigenvalue weighted by Gasteiger charge is 2.05. The molecule has 0 spiro atoms. The first kappa shape index (κ1) is 16.8. The molecule has 4 nitrogen and oxygen atoms in total. The molecule has 0 saturated heterocycles. The molecule has 3 N–H and O–H groups in total. The lowest BCUT2D eigenvalue weighted by Crippen LogP contribution is -2.41. The highest BCUT2D eigenvalue weighted by Crippen LogP contribution is 2.10. The first-order chi connectivity index (χ1) is 9.61. The van der Waals surface area contributed by atoms with Gasteiger partial charge in [0.25, 0.3) is 0 Å². The maximum absolute atomic E-state index is 11.6. The van der Waals surface area contributed by atoms with Crippen molar-refractivity contribution in [2.75, 3.05) is 13.2 Å². The zero-order chi connectivity index (χ0) is 14.8. The zero-order valence-corrected chi connectivity index (χ0v) is 12.6. The average molecular weight is 299 g/mol. The molecule has 0 fully saturated rings. The van der Waals surface area contributed by atoms with Gasteiger partial charge in [0.15, 0.2) is 0 Å². The van der Waals surface area contributed by atoms with Crippen molar-refractivity contribution >= 4 is 17.6 Å². The molecule has 0 aliphatic rings. The number of aliphatic hydroxyl groups is 1. The molecule has 0 heterocycles. The van der Waals surface area contributed by atoms with Crippen LogP contribution in [0.5, 0.6) is 0 Å². The lowest BCUT2D eigenvalue weighted by Gasteiger charge is -2.14. The van der Waals surface area contributed by atoms with E-state index in [0.29, 0.717) is 13.0 Å². The number of rotatable bonds is 8. The third-order valence-corrected chi connectivity index (χ3v) is 3.27. The minimum absolute atomic E-state index is 0.0819. The number of aryl methyl sites for hydroxylation is 1.